The summed E-state index contributed by atoms with van der Waals surface area (Å²) in [6.07, 6.45) is -1.00. The lowest BCUT2D eigenvalue weighted by molar-refractivity contribution is -0.154. The second-order valence-electron chi connectivity index (χ2n) is 6.09. The van der Waals surface area contributed by atoms with Crippen molar-refractivity contribution in [3.63, 3.8) is 0 Å². The van der Waals surface area contributed by atoms with Crippen molar-refractivity contribution in [1.82, 2.24) is 4.90 Å². The predicted molar refractivity (Wildman–Crippen MR) is 97.0 cm³/mol. The molecule has 1 saturated heterocycles. The molecule has 0 unspecified atom stereocenters. The monoisotopic (exact) mass is 371 g/mol. The molecule has 7 nitrogen and oxygen atoms in total. The normalized spacial score (nSPS) is 16.6. The Balaban J connectivity index is 1.71. The van der Waals surface area contributed by atoms with Crippen molar-refractivity contribution in [2.75, 3.05) is 26.8 Å². The van der Waals surface area contributed by atoms with Crippen molar-refractivity contribution in [3.8, 4) is 11.5 Å². The average molecular weight is 371 g/mol. The Bertz CT molecular complexity index is 807. The number of rotatable bonds is 6. The molecule has 3 rings (SSSR count). The van der Waals surface area contributed by atoms with Gasteiger partial charge in [-0.2, -0.15) is 0 Å². The summed E-state index contributed by atoms with van der Waals surface area (Å²) in [5.74, 6) is -0.365. The van der Waals surface area contributed by atoms with Crippen LogP contribution in [0.2, 0.25) is 0 Å². The van der Waals surface area contributed by atoms with Gasteiger partial charge in [0, 0.05) is 12.1 Å². The van der Waals surface area contributed by atoms with E-state index in [2.05, 4.69) is 0 Å². The van der Waals surface area contributed by atoms with Gasteiger partial charge in [-0.15, -0.1) is 0 Å². The Morgan fingerprint density at radius 2 is 1.96 bits per heavy atom. The molecule has 0 spiro atoms. The van der Waals surface area contributed by atoms with Gasteiger partial charge >= 0.3 is 5.97 Å². The van der Waals surface area contributed by atoms with Crippen molar-refractivity contribution in [3.05, 3.63) is 59.7 Å². The van der Waals surface area contributed by atoms with Gasteiger partial charge in [0.2, 0.25) is 0 Å². The molecule has 2 aromatic carbocycles. The van der Waals surface area contributed by atoms with E-state index in [0.717, 1.165) is 5.56 Å². The predicted octanol–water partition coefficient (Wildman–Crippen LogP) is 2.20. The Morgan fingerprint density at radius 1 is 1.19 bits per heavy atom. The van der Waals surface area contributed by atoms with Crippen LogP contribution in [0.4, 0.5) is 0 Å². The maximum Gasteiger partial charge on any atom is 0.334 e. The van der Waals surface area contributed by atoms with Crippen molar-refractivity contribution in [2.24, 2.45) is 0 Å². The number of carbonyl (C=O) groups excluding carboxylic acids is 1. The van der Waals surface area contributed by atoms with Gasteiger partial charge in [-0.1, -0.05) is 30.3 Å². The zero-order valence-electron chi connectivity index (χ0n) is 15.0. The van der Waals surface area contributed by atoms with Crippen LogP contribution in [-0.4, -0.2) is 54.8 Å². The minimum Gasteiger partial charge on any atom is -0.493 e. The molecule has 1 fully saturated rings. The molecule has 142 valence electrons. The molecule has 27 heavy (non-hydrogen) atoms. The fourth-order valence-electron chi connectivity index (χ4n) is 2.82. The molecule has 1 aliphatic rings. The molecule has 1 heterocycles. The van der Waals surface area contributed by atoms with E-state index in [-0.39, 0.29) is 19.1 Å². The van der Waals surface area contributed by atoms with Crippen molar-refractivity contribution >= 4 is 11.9 Å². The van der Waals surface area contributed by atoms with E-state index >= 15 is 0 Å². The van der Waals surface area contributed by atoms with E-state index in [4.69, 9.17) is 19.3 Å². The molecule has 2 aromatic rings. The number of aliphatic carboxylic acids is 1. The Morgan fingerprint density at radius 3 is 2.67 bits per heavy atom. The number of benzene rings is 2. The van der Waals surface area contributed by atoms with E-state index in [0.29, 0.717) is 30.2 Å². The molecule has 0 aromatic heterocycles. The van der Waals surface area contributed by atoms with Gasteiger partial charge in [0.1, 0.15) is 6.61 Å². The second kappa shape index (κ2) is 8.55. The van der Waals surface area contributed by atoms with Crippen LogP contribution in [0.1, 0.15) is 15.9 Å². The van der Waals surface area contributed by atoms with Gasteiger partial charge in [-0.25, -0.2) is 4.79 Å². The minimum absolute atomic E-state index is 0.0166. The number of morpholine rings is 1. The van der Waals surface area contributed by atoms with Crippen LogP contribution >= 0.6 is 0 Å². The maximum absolute atomic E-state index is 12.7. The second-order valence-corrected chi connectivity index (χ2v) is 6.09. The summed E-state index contributed by atoms with van der Waals surface area (Å²) in [7, 11) is 1.51. The van der Waals surface area contributed by atoms with Crippen LogP contribution < -0.4 is 9.47 Å². The van der Waals surface area contributed by atoms with E-state index in [9.17, 15) is 9.59 Å². The average Bonchev–Trinajstić information content (AvgIpc) is 2.72. The minimum atomic E-state index is -1.07. The van der Waals surface area contributed by atoms with Gasteiger partial charge in [0.05, 0.1) is 20.3 Å². The molecule has 0 radical (unpaired) electrons. The number of amides is 1. The quantitative estimate of drug-likeness (QED) is 0.838. The van der Waals surface area contributed by atoms with Gasteiger partial charge in [-0.3, -0.25) is 4.79 Å². The number of carbonyl (C=O) groups is 2. The number of methoxy groups -OCH3 is 1. The summed E-state index contributed by atoms with van der Waals surface area (Å²) < 4.78 is 16.3. The van der Waals surface area contributed by atoms with E-state index in [1.54, 1.807) is 18.2 Å². The smallest absolute Gasteiger partial charge is 0.334 e. The summed E-state index contributed by atoms with van der Waals surface area (Å²) in [4.78, 5) is 25.3. The zero-order chi connectivity index (χ0) is 19.2. The van der Waals surface area contributed by atoms with Crippen LogP contribution in [0.15, 0.2) is 48.5 Å². The summed E-state index contributed by atoms with van der Waals surface area (Å²) in [5.41, 5.74) is 1.43. The molecular formula is C20H21NO6. The number of hydrogen-bond acceptors (Lipinski definition) is 5. The zero-order valence-corrected chi connectivity index (χ0v) is 15.0. The topological polar surface area (TPSA) is 85.3 Å². The lowest BCUT2D eigenvalue weighted by atomic mass is 10.1. The third-order valence-corrected chi connectivity index (χ3v) is 4.28. The highest BCUT2D eigenvalue weighted by atomic mass is 16.5. The number of nitrogens with zero attached hydrogens (tertiary/aromatic N) is 1. The third kappa shape index (κ3) is 4.57. The molecule has 1 amide bonds. The lowest BCUT2D eigenvalue weighted by Gasteiger charge is -2.31. The molecule has 7 heteroatoms. The van der Waals surface area contributed by atoms with E-state index in [1.807, 2.05) is 30.3 Å². The first-order chi connectivity index (χ1) is 13.1. The molecule has 0 aliphatic carbocycles. The van der Waals surface area contributed by atoms with Crippen molar-refractivity contribution in [2.45, 2.75) is 12.7 Å². The van der Waals surface area contributed by atoms with Crippen LogP contribution in [-0.2, 0) is 16.1 Å². The van der Waals surface area contributed by atoms with Crippen molar-refractivity contribution < 1.29 is 28.9 Å². The highest BCUT2D eigenvalue weighted by Gasteiger charge is 2.29. The number of hydrogen-bond donors (Lipinski definition) is 1. The SMILES string of the molecule is COc1cc(C(=O)N2CCO[C@@H](C(=O)O)C2)ccc1OCc1ccccc1. The first kappa shape index (κ1) is 18.7. The van der Waals surface area contributed by atoms with Gasteiger partial charge in [0.25, 0.3) is 5.91 Å². The van der Waals surface area contributed by atoms with Crippen LogP contribution in [0.3, 0.4) is 0 Å². The van der Waals surface area contributed by atoms with Crippen LogP contribution in [0.5, 0.6) is 11.5 Å². The molecule has 1 N–H and O–H groups in total. The summed E-state index contributed by atoms with van der Waals surface area (Å²) in [6.45, 7) is 0.937. The number of carboxylic acid groups (broad SMARTS) is 1. The largest absolute Gasteiger partial charge is 0.493 e. The highest BCUT2D eigenvalue weighted by Crippen LogP contribution is 2.29. The van der Waals surface area contributed by atoms with E-state index < -0.39 is 12.1 Å². The first-order valence-corrected chi connectivity index (χ1v) is 8.57. The maximum atomic E-state index is 12.7. The standard InChI is InChI=1S/C20H21NO6/c1-25-17-11-15(19(22)21-9-10-26-18(12-21)20(23)24)7-8-16(17)27-13-14-5-3-2-4-6-14/h2-8,11,18H,9-10,12-13H2,1H3,(H,23,24)/t18-/m1/s1. The first-order valence-electron chi connectivity index (χ1n) is 8.57. The molecule has 1 atom stereocenters. The highest BCUT2D eigenvalue weighted by molar-refractivity contribution is 5.95. The summed E-state index contributed by atoms with van der Waals surface area (Å²) in [6, 6.07) is 14.7. The number of ether oxygens (including phenoxy) is 3. The number of carboxylic acids is 1. The molecule has 1 aliphatic heterocycles. The van der Waals surface area contributed by atoms with Gasteiger partial charge in [0.15, 0.2) is 17.6 Å². The van der Waals surface area contributed by atoms with Crippen LogP contribution in [0, 0.1) is 0 Å². The third-order valence-electron chi connectivity index (χ3n) is 4.28. The fraction of sp³-hybridized carbons (Fsp3) is 0.300. The lowest BCUT2D eigenvalue weighted by Crippen LogP contribution is -2.48. The summed E-state index contributed by atoms with van der Waals surface area (Å²) in [5, 5.41) is 9.08. The van der Waals surface area contributed by atoms with Gasteiger partial charge < -0.3 is 24.2 Å². The fourth-order valence-corrected chi connectivity index (χ4v) is 2.82. The van der Waals surface area contributed by atoms with Crippen LogP contribution in [0.25, 0.3) is 0 Å². The van der Waals surface area contributed by atoms with E-state index in [1.165, 1.54) is 12.0 Å². The van der Waals surface area contributed by atoms with Crippen molar-refractivity contribution in [1.29, 1.82) is 0 Å². The Labute approximate surface area is 157 Å². The molecular weight excluding hydrogens is 350 g/mol. The Kier molecular flexibility index (Phi) is 5.93. The van der Waals surface area contributed by atoms with Gasteiger partial charge in [-0.05, 0) is 23.8 Å². The summed E-state index contributed by atoms with van der Waals surface area (Å²) >= 11 is 0. The molecule has 0 bridgehead atoms. The molecule has 0 saturated carbocycles. The Hall–Kier alpha value is -3.06.